The molecule has 0 spiro atoms. The molecule has 0 aliphatic rings. The van der Waals surface area contributed by atoms with Gasteiger partial charge in [-0.05, 0) is 18.1 Å². The summed E-state index contributed by atoms with van der Waals surface area (Å²) in [6.45, 7) is 1.98. The quantitative estimate of drug-likeness (QED) is 0.393. The molecule has 0 N–H and O–H groups in total. The van der Waals surface area contributed by atoms with E-state index in [-0.39, 0.29) is 11.6 Å². The number of hydrogen-bond donors (Lipinski definition) is 0. The highest BCUT2D eigenvalue weighted by atomic mass is 16.1. The highest BCUT2D eigenvalue weighted by Gasteiger charge is 2.21. The number of carbonyl (C=O) groups is 2. The van der Waals surface area contributed by atoms with Gasteiger partial charge in [0.05, 0.1) is 0 Å². The van der Waals surface area contributed by atoms with E-state index in [4.69, 9.17) is 0 Å². The van der Waals surface area contributed by atoms with Gasteiger partial charge in [0.2, 0.25) is 0 Å². The third-order valence-corrected chi connectivity index (χ3v) is 4.99. The summed E-state index contributed by atoms with van der Waals surface area (Å²) in [5, 5.41) is 0. The first kappa shape index (κ1) is 18.6. The summed E-state index contributed by atoms with van der Waals surface area (Å²) in [5.41, 5.74) is 4.91. The van der Waals surface area contributed by atoms with E-state index in [0.29, 0.717) is 22.3 Å². The topological polar surface area (TPSA) is 34.1 Å². The molecule has 0 heterocycles. The van der Waals surface area contributed by atoms with E-state index in [2.05, 4.69) is 0 Å². The van der Waals surface area contributed by atoms with Crippen LogP contribution < -0.4 is 0 Å². The molecule has 2 heteroatoms. The maximum absolute atomic E-state index is 13.5. The lowest BCUT2D eigenvalue weighted by molar-refractivity contribution is 0.100. The van der Waals surface area contributed by atoms with Gasteiger partial charge in [0.1, 0.15) is 0 Å². The molecule has 4 rings (SSSR count). The number of rotatable bonds is 5. The van der Waals surface area contributed by atoms with Gasteiger partial charge in [-0.3, -0.25) is 9.59 Å². The molecule has 29 heavy (non-hydrogen) atoms. The van der Waals surface area contributed by atoms with E-state index in [9.17, 15) is 9.59 Å². The molecule has 2 nitrogen and oxygen atoms in total. The van der Waals surface area contributed by atoms with Crippen molar-refractivity contribution in [2.45, 2.75) is 6.92 Å². The number of benzene rings is 4. The lowest BCUT2D eigenvalue weighted by Gasteiger charge is -2.12. The molecule has 0 aliphatic heterocycles. The van der Waals surface area contributed by atoms with Crippen molar-refractivity contribution in [3.8, 4) is 11.1 Å². The van der Waals surface area contributed by atoms with Crippen LogP contribution in [0.15, 0.2) is 103 Å². The molecule has 0 unspecified atom stereocenters. The summed E-state index contributed by atoms with van der Waals surface area (Å²) in [5.74, 6) is -0.299. The zero-order valence-electron chi connectivity index (χ0n) is 16.1. The molecule has 140 valence electrons. The smallest absolute Gasteiger partial charge is 0.194 e. The number of ketones is 2. The van der Waals surface area contributed by atoms with Crippen LogP contribution in [0.2, 0.25) is 0 Å². The van der Waals surface area contributed by atoms with Crippen molar-refractivity contribution in [3.05, 3.63) is 131 Å². The largest absolute Gasteiger partial charge is 0.289 e. The zero-order valence-corrected chi connectivity index (χ0v) is 16.1. The van der Waals surface area contributed by atoms with Crippen molar-refractivity contribution in [2.24, 2.45) is 0 Å². The summed E-state index contributed by atoms with van der Waals surface area (Å²) >= 11 is 0. The van der Waals surface area contributed by atoms with Crippen molar-refractivity contribution < 1.29 is 9.59 Å². The third-order valence-electron chi connectivity index (χ3n) is 4.99. The highest BCUT2D eigenvalue weighted by Crippen LogP contribution is 2.27. The average Bonchev–Trinajstić information content (AvgIpc) is 2.79. The first-order chi connectivity index (χ1) is 14.1. The van der Waals surface area contributed by atoms with Crippen LogP contribution >= 0.6 is 0 Å². The monoisotopic (exact) mass is 376 g/mol. The second-order valence-corrected chi connectivity index (χ2v) is 6.98. The predicted molar refractivity (Wildman–Crippen MR) is 116 cm³/mol. The average molecular weight is 376 g/mol. The van der Waals surface area contributed by atoms with Crippen LogP contribution in [0.25, 0.3) is 11.1 Å². The van der Waals surface area contributed by atoms with Crippen LogP contribution in [0.5, 0.6) is 0 Å². The van der Waals surface area contributed by atoms with Gasteiger partial charge in [-0.2, -0.15) is 0 Å². The Balaban J connectivity index is 1.79. The SMILES string of the molecule is Cc1ccc(C(=O)c2ccccc2C(=O)c2ccccc2-c2ccccc2)cc1. The van der Waals surface area contributed by atoms with Gasteiger partial charge in [0.15, 0.2) is 11.6 Å². The Hall–Kier alpha value is -3.78. The molecule has 0 saturated heterocycles. The Bertz CT molecular complexity index is 1170. The second-order valence-electron chi connectivity index (χ2n) is 6.98. The summed E-state index contributed by atoms with van der Waals surface area (Å²) in [6.07, 6.45) is 0. The first-order valence-corrected chi connectivity index (χ1v) is 9.54. The standard InChI is InChI=1S/C27H20O2/c1-19-15-17-21(18-16-19)26(28)24-13-7-8-14-25(24)27(29)23-12-6-5-11-22(23)20-9-3-2-4-10-20/h2-18H,1H3. The van der Waals surface area contributed by atoms with E-state index in [1.54, 1.807) is 36.4 Å². The number of aryl methyl sites for hydroxylation is 1. The molecule has 4 aromatic carbocycles. The molecule has 0 radical (unpaired) electrons. The maximum Gasteiger partial charge on any atom is 0.194 e. The molecule has 0 atom stereocenters. The van der Waals surface area contributed by atoms with Crippen molar-refractivity contribution in [1.29, 1.82) is 0 Å². The molecule has 0 amide bonds. The van der Waals surface area contributed by atoms with Crippen LogP contribution in [-0.2, 0) is 0 Å². The predicted octanol–water partition coefficient (Wildman–Crippen LogP) is 6.12. The normalized spacial score (nSPS) is 10.5. The molecule has 0 aliphatic carbocycles. The summed E-state index contributed by atoms with van der Waals surface area (Å²) in [7, 11) is 0. The van der Waals surface area contributed by atoms with Gasteiger partial charge in [-0.1, -0.05) is 109 Å². The summed E-state index contributed by atoms with van der Waals surface area (Å²) in [4.78, 5) is 26.6. The number of hydrogen-bond acceptors (Lipinski definition) is 2. The molecule has 0 saturated carbocycles. The van der Waals surface area contributed by atoms with E-state index in [1.807, 2.05) is 73.7 Å². The Morgan fingerprint density at radius 3 is 1.69 bits per heavy atom. The van der Waals surface area contributed by atoms with Crippen LogP contribution in [0.3, 0.4) is 0 Å². The van der Waals surface area contributed by atoms with E-state index in [1.165, 1.54) is 0 Å². The second kappa shape index (κ2) is 8.07. The minimum atomic E-state index is -0.152. The molecule has 0 bridgehead atoms. The van der Waals surface area contributed by atoms with Gasteiger partial charge >= 0.3 is 0 Å². The van der Waals surface area contributed by atoms with E-state index < -0.39 is 0 Å². The minimum absolute atomic E-state index is 0.147. The fourth-order valence-corrected chi connectivity index (χ4v) is 3.44. The highest BCUT2D eigenvalue weighted by molar-refractivity contribution is 6.21. The van der Waals surface area contributed by atoms with Crippen molar-refractivity contribution >= 4 is 11.6 Å². The van der Waals surface area contributed by atoms with Gasteiger partial charge in [-0.25, -0.2) is 0 Å². The Morgan fingerprint density at radius 1 is 0.517 bits per heavy atom. The van der Waals surface area contributed by atoms with Crippen LogP contribution in [-0.4, -0.2) is 11.6 Å². The van der Waals surface area contributed by atoms with Crippen molar-refractivity contribution in [1.82, 2.24) is 0 Å². The van der Waals surface area contributed by atoms with Gasteiger partial charge in [-0.15, -0.1) is 0 Å². The van der Waals surface area contributed by atoms with Gasteiger partial charge < -0.3 is 0 Å². The Morgan fingerprint density at radius 2 is 1.03 bits per heavy atom. The lowest BCUT2D eigenvalue weighted by Crippen LogP contribution is -2.12. The van der Waals surface area contributed by atoms with Crippen LogP contribution in [0.1, 0.15) is 37.4 Å². The number of carbonyl (C=O) groups excluding carboxylic acids is 2. The zero-order chi connectivity index (χ0) is 20.2. The molecular weight excluding hydrogens is 356 g/mol. The van der Waals surface area contributed by atoms with Gasteiger partial charge in [0, 0.05) is 22.3 Å². The third kappa shape index (κ3) is 3.78. The first-order valence-electron chi connectivity index (χ1n) is 9.54. The fourth-order valence-electron chi connectivity index (χ4n) is 3.44. The summed E-state index contributed by atoms with van der Waals surface area (Å²) < 4.78 is 0. The molecule has 0 fully saturated rings. The molecule has 0 aromatic heterocycles. The van der Waals surface area contributed by atoms with Gasteiger partial charge in [0.25, 0.3) is 0 Å². The Kier molecular flexibility index (Phi) is 5.17. The van der Waals surface area contributed by atoms with Crippen molar-refractivity contribution in [2.75, 3.05) is 0 Å². The maximum atomic E-state index is 13.5. The van der Waals surface area contributed by atoms with E-state index >= 15 is 0 Å². The van der Waals surface area contributed by atoms with Crippen LogP contribution in [0.4, 0.5) is 0 Å². The fraction of sp³-hybridized carbons (Fsp3) is 0.0370. The minimum Gasteiger partial charge on any atom is -0.289 e. The summed E-state index contributed by atoms with van der Waals surface area (Å²) in [6, 6.07) is 31.8. The molecule has 4 aromatic rings. The van der Waals surface area contributed by atoms with E-state index in [0.717, 1.165) is 16.7 Å². The van der Waals surface area contributed by atoms with Crippen molar-refractivity contribution in [3.63, 3.8) is 0 Å². The van der Waals surface area contributed by atoms with Crippen LogP contribution in [0, 0.1) is 6.92 Å². The Labute approximate surface area is 170 Å². The molecular formula is C27H20O2. The lowest BCUT2D eigenvalue weighted by atomic mass is 9.89.